The first-order valence-corrected chi connectivity index (χ1v) is 11.9. The zero-order valence-corrected chi connectivity index (χ0v) is 18.9. The number of para-hydroxylation sites is 1. The Bertz CT molecular complexity index is 1240. The number of hydrogen-bond donors (Lipinski definition) is 1. The van der Waals surface area contributed by atoms with Gasteiger partial charge in [-0.3, -0.25) is 4.90 Å². The molecule has 0 atom stereocenters. The minimum Gasteiger partial charge on any atom is -0.378 e. The van der Waals surface area contributed by atoms with Crippen LogP contribution in [-0.4, -0.2) is 94.2 Å². The van der Waals surface area contributed by atoms with Crippen LogP contribution in [0.5, 0.6) is 0 Å². The number of aromatic nitrogens is 5. The van der Waals surface area contributed by atoms with E-state index in [1.54, 1.807) is 17.7 Å². The number of ether oxygens (including phenoxy) is 1. The van der Waals surface area contributed by atoms with Crippen LogP contribution >= 0.6 is 11.3 Å². The Hall–Kier alpha value is -2.66. The molecule has 0 amide bonds. The lowest BCUT2D eigenvalue weighted by Gasteiger charge is -2.31. The number of nitrogens with zero attached hydrogens (tertiary/aromatic N) is 7. The molecule has 0 aliphatic carbocycles. The molecular weight excluding hydrogens is 424 g/mol. The fraction of sp³-hybridized carbons (Fsp3) is 0.455. The average Bonchev–Trinajstić information content (AvgIpc) is 3.47. The maximum atomic E-state index is 5.59. The number of hydrogen-bond acceptors (Lipinski definition) is 9. The average molecular weight is 451 g/mol. The number of thiazole rings is 1. The molecule has 2 fully saturated rings. The van der Waals surface area contributed by atoms with Crippen molar-refractivity contribution in [1.29, 1.82) is 0 Å². The first-order valence-electron chi connectivity index (χ1n) is 11.1. The highest BCUT2D eigenvalue weighted by Gasteiger charge is 2.23. The number of aromatic amines is 1. The maximum absolute atomic E-state index is 5.59. The molecule has 166 valence electrons. The van der Waals surface area contributed by atoms with Gasteiger partial charge in [0.2, 0.25) is 0 Å². The van der Waals surface area contributed by atoms with Crippen LogP contribution in [0.15, 0.2) is 24.5 Å². The molecule has 0 bridgehead atoms. The molecule has 9 nitrogen and oxygen atoms in total. The summed E-state index contributed by atoms with van der Waals surface area (Å²) in [5.41, 5.74) is 3.56. The fourth-order valence-corrected chi connectivity index (χ4v) is 5.44. The number of benzene rings is 1. The van der Waals surface area contributed by atoms with Crippen LogP contribution in [-0.2, 0) is 11.3 Å². The number of morpholine rings is 1. The summed E-state index contributed by atoms with van der Waals surface area (Å²) in [7, 11) is 2.18. The molecule has 2 aliphatic heterocycles. The fourth-order valence-electron chi connectivity index (χ4n) is 4.37. The molecule has 0 saturated carbocycles. The second kappa shape index (κ2) is 8.36. The summed E-state index contributed by atoms with van der Waals surface area (Å²) < 4.78 is 6.65. The quantitative estimate of drug-likeness (QED) is 0.507. The minimum atomic E-state index is 0.674. The van der Waals surface area contributed by atoms with Crippen molar-refractivity contribution in [3.8, 4) is 11.4 Å². The standard InChI is InChI=1S/C22H26N8OS/c1-28-5-7-29(8-6-28)13-17-25-21-19(32-17)22(30-9-11-31-12-10-30)27-20(26-21)15-3-2-4-16-18(15)24-14-23-16/h2-4,14H,5-13H2,1H3,(H,23,24). The zero-order valence-electron chi connectivity index (χ0n) is 18.1. The molecule has 3 aromatic heterocycles. The molecule has 1 aromatic carbocycles. The van der Waals surface area contributed by atoms with Crippen molar-refractivity contribution in [3.05, 3.63) is 29.5 Å². The van der Waals surface area contributed by atoms with Crippen LogP contribution in [0, 0.1) is 0 Å². The van der Waals surface area contributed by atoms with E-state index in [1.807, 2.05) is 18.2 Å². The van der Waals surface area contributed by atoms with Gasteiger partial charge in [0.15, 0.2) is 17.3 Å². The number of piperazine rings is 1. The summed E-state index contributed by atoms with van der Waals surface area (Å²) in [6.45, 7) is 8.27. The Kier molecular flexibility index (Phi) is 5.22. The van der Waals surface area contributed by atoms with Gasteiger partial charge in [0.05, 0.1) is 37.1 Å². The molecule has 4 aromatic rings. The Morgan fingerprint density at radius 2 is 1.88 bits per heavy atom. The van der Waals surface area contributed by atoms with E-state index in [0.717, 1.165) is 83.6 Å². The van der Waals surface area contributed by atoms with Crippen molar-refractivity contribution in [2.75, 3.05) is 64.4 Å². The first-order chi connectivity index (χ1) is 15.7. The minimum absolute atomic E-state index is 0.674. The number of anilines is 1. The number of likely N-dealkylation sites (N-methyl/N-ethyl adjacent to an activating group) is 1. The lowest BCUT2D eigenvalue weighted by atomic mass is 10.1. The maximum Gasteiger partial charge on any atom is 0.176 e. The zero-order chi connectivity index (χ0) is 21.5. The van der Waals surface area contributed by atoms with Crippen LogP contribution in [0.2, 0.25) is 0 Å². The summed E-state index contributed by atoms with van der Waals surface area (Å²) in [5, 5.41) is 1.10. The van der Waals surface area contributed by atoms with E-state index in [4.69, 9.17) is 19.7 Å². The molecule has 0 unspecified atom stereocenters. The molecule has 0 radical (unpaired) electrons. The van der Waals surface area contributed by atoms with Gasteiger partial charge in [-0.15, -0.1) is 11.3 Å². The second-order valence-electron chi connectivity index (χ2n) is 8.41. The predicted octanol–water partition coefficient (Wildman–Crippen LogP) is 2.21. The van der Waals surface area contributed by atoms with Gasteiger partial charge >= 0.3 is 0 Å². The van der Waals surface area contributed by atoms with E-state index < -0.39 is 0 Å². The lowest BCUT2D eigenvalue weighted by molar-refractivity contribution is 0.122. The summed E-state index contributed by atoms with van der Waals surface area (Å²) >= 11 is 1.73. The highest BCUT2D eigenvalue weighted by atomic mass is 32.1. The van der Waals surface area contributed by atoms with Crippen LogP contribution in [0.4, 0.5) is 5.82 Å². The van der Waals surface area contributed by atoms with E-state index in [0.29, 0.717) is 19.0 Å². The van der Waals surface area contributed by atoms with Crippen LogP contribution in [0.25, 0.3) is 32.8 Å². The number of fused-ring (bicyclic) bond motifs is 2. The number of H-pyrrole nitrogens is 1. The van der Waals surface area contributed by atoms with Crippen LogP contribution in [0.1, 0.15) is 5.01 Å². The second-order valence-corrected chi connectivity index (χ2v) is 9.50. The van der Waals surface area contributed by atoms with Gasteiger partial charge in [0, 0.05) is 44.8 Å². The molecule has 10 heteroatoms. The Morgan fingerprint density at radius 3 is 2.72 bits per heavy atom. The van der Waals surface area contributed by atoms with Crippen LogP contribution < -0.4 is 4.90 Å². The van der Waals surface area contributed by atoms with Gasteiger partial charge in [-0.1, -0.05) is 6.07 Å². The van der Waals surface area contributed by atoms with Crippen molar-refractivity contribution in [2.24, 2.45) is 0 Å². The summed E-state index contributed by atoms with van der Waals surface area (Å²) in [5.74, 6) is 1.64. The Morgan fingerprint density at radius 1 is 1.03 bits per heavy atom. The van der Waals surface area contributed by atoms with E-state index in [9.17, 15) is 0 Å². The Labute approximate surface area is 190 Å². The smallest absolute Gasteiger partial charge is 0.176 e. The summed E-state index contributed by atoms with van der Waals surface area (Å²) in [6.07, 6.45) is 1.71. The highest BCUT2D eigenvalue weighted by Crippen LogP contribution is 2.34. The highest BCUT2D eigenvalue weighted by molar-refractivity contribution is 7.19. The van der Waals surface area contributed by atoms with Crippen molar-refractivity contribution < 1.29 is 4.74 Å². The molecule has 0 spiro atoms. The number of rotatable bonds is 4. The molecule has 5 heterocycles. The topological polar surface area (TPSA) is 86.3 Å². The third kappa shape index (κ3) is 3.73. The van der Waals surface area contributed by atoms with E-state index >= 15 is 0 Å². The van der Waals surface area contributed by atoms with Crippen molar-refractivity contribution in [2.45, 2.75) is 6.54 Å². The van der Waals surface area contributed by atoms with Crippen LogP contribution in [0.3, 0.4) is 0 Å². The molecule has 2 aliphatic rings. The van der Waals surface area contributed by atoms with Crippen molar-refractivity contribution >= 4 is 38.5 Å². The first kappa shape index (κ1) is 20.0. The van der Waals surface area contributed by atoms with E-state index in [-0.39, 0.29) is 0 Å². The molecule has 6 rings (SSSR count). The third-order valence-corrected chi connectivity index (χ3v) is 7.26. The van der Waals surface area contributed by atoms with Crippen molar-refractivity contribution in [3.63, 3.8) is 0 Å². The van der Waals surface area contributed by atoms with Gasteiger partial charge in [-0.2, -0.15) is 0 Å². The normalized spacial score (nSPS) is 18.7. The van der Waals surface area contributed by atoms with E-state index in [1.165, 1.54) is 0 Å². The predicted molar refractivity (Wildman–Crippen MR) is 126 cm³/mol. The van der Waals surface area contributed by atoms with Gasteiger partial charge < -0.3 is 19.5 Å². The molecule has 1 N–H and O–H groups in total. The molecular formula is C22H26N8OS. The van der Waals surface area contributed by atoms with Gasteiger partial charge in [0.25, 0.3) is 0 Å². The largest absolute Gasteiger partial charge is 0.378 e. The SMILES string of the molecule is CN1CCN(Cc2nc3nc(-c4cccc5[nH]cnc45)nc(N4CCOCC4)c3s2)CC1. The number of imidazole rings is 1. The lowest BCUT2D eigenvalue weighted by Crippen LogP contribution is -2.43. The summed E-state index contributed by atoms with van der Waals surface area (Å²) in [6, 6.07) is 6.06. The summed E-state index contributed by atoms with van der Waals surface area (Å²) in [4.78, 5) is 29.8. The van der Waals surface area contributed by atoms with Gasteiger partial charge in [-0.25, -0.2) is 19.9 Å². The monoisotopic (exact) mass is 450 g/mol. The Balaban J connectivity index is 1.43. The van der Waals surface area contributed by atoms with Crippen molar-refractivity contribution in [1.82, 2.24) is 34.7 Å². The van der Waals surface area contributed by atoms with Gasteiger partial charge in [0.1, 0.15) is 9.71 Å². The number of nitrogens with one attached hydrogen (secondary N) is 1. The molecule has 2 saturated heterocycles. The van der Waals surface area contributed by atoms with Gasteiger partial charge in [-0.05, 0) is 19.2 Å². The molecule has 32 heavy (non-hydrogen) atoms. The third-order valence-electron chi connectivity index (χ3n) is 6.24. The van der Waals surface area contributed by atoms with E-state index in [2.05, 4.69) is 31.7 Å².